The van der Waals surface area contributed by atoms with E-state index in [1.807, 2.05) is 18.2 Å². The van der Waals surface area contributed by atoms with Crippen LogP contribution < -0.4 is 15.8 Å². The summed E-state index contributed by atoms with van der Waals surface area (Å²) in [6.07, 6.45) is 6.93. The normalized spacial score (nSPS) is 15.1. The van der Waals surface area contributed by atoms with E-state index in [0.717, 1.165) is 37.0 Å². The van der Waals surface area contributed by atoms with Crippen molar-refractivity contribution in [1.82, 2.24) is 5.32 Å². The summed E-state index contributed by atoms with van der Waals surface area (Å²) in [6.45, 7) is 2.74. The Morgan fingerprint density at radius 3 is 2.81 bits per heavy atom. The molecule has 1 amide bonds. The van der Waals surface area contributed by atoms with Crippen molar-refractivity contribution in [3.63, 3.8) is 0 Å². The maximum Gasteiger partial charge on any atom is 0.220 e. The number of benzene rings is 1. The average molecular weight is 290 g/mol. The largest absolute Gasteiger partial charge is 0.491 e. The van der Waals surface area contributed by atoms with Gasteiger partial charge in [-0.15, -0.1) is 0 Å². The molecule has 0 bridgehead atoms. The van der Waals surface area contributed by atoms with Crippen molar-refractivity contribution in [2.45, 2.75) is 57.9 Å². The van der Waals surface area contributed by atoms with E-state index in [4.69, 9.17) is 10.5 Å². The number of ether oxygens (including phenoxy) is 1. The van der Waals surface area contributed by atoms with Crippen LogP contribution in [0.2, 0.25) is 0 Å². The standard InChI is InChI=1S/C17H26N2O2/c1-2-11-21-16-9-7-13(12-15(16)18)8-10-17(20)19-14-5-3-4-6-14/h7,9,12,14H,2-6,8,10-11,18H2,1H3,(H,19,20). The number of rotatable bonds is 7. The first-order chi connectivity index (χ1) is 10.2. The first kappa shape index (κ1) is 15.7. The Labute approximate surface area is 127 Å². The average Bonchev–Trinajstić information content (AvgIpc) is 2.97. The summed E-state index contributed by atoms with van der Waals surface area (Å²) in [5, 5.41) is 3.11. The molecule has 1 saturated carbocycles. The monoisotopic (exact) mass is 290 g/mol. The van der Waals surface area contributed by atoms with Crippen LogP contribution in [0.5, 0.6) is 5.75 Å². The number of hydrogen-bond donors (Lipinski definition) is 2. The molecule has 0 unspecified atom stereocenters. The molecule has 0 heterocycles. The van der Waals surface area contributed by atoms with E-state index in [2.05, 4.69) is 12.2 Å². The van der Waals surface area contributed by atoms with Crippen LogP contribution in [0.25, 0.3) is 0 Å². The Morgan fingerprint density at radius 1 is 1.38 bits per heavy atom. The van der Waals surface area contributed by atoms with Crippen LogP contribution >= 0.6 is 0 Å². The highest BCUT2D eigenvalue weighted by molar-refractivity contribution is 5.76. The lowest BCUT2D eigenvalue weighted by Gasteiger charge is -2.12. The molecule has 1 aromatic carbocycles. The summed E-state index contributed by atoms with van der Waals surface area (Å²) >= 11 is 0. The maximum absolute atomic E-state index is 11.9. The summed E-state index contributed by atoms with van der Waals surface area (Å²) < 4.78 is 5.55. The van der Waals surface area contributed by atoms with Gasteiger partial charge < -0.3 is 15.8 Å². The maximum atomic E-state index is 11.9. The third kappa shape index (κ3) is 4.96. The van der Waals surface area contributed by atoms with Crippen molar-refractivity contribution in [2.75, 3.05) is 12.3 Å². The van der Waals surface area contributed by atoms with Crippen molar-refractivity contribution in [3.05, 3.63) is 23.8 Å². The van der Waals surface area contributed by atoms with Gasteiger partial charge in [-0.1, -0.05) is 25.8 Å². The summed E-state index contributed by atoms with van der Waals surface area (Å²) in [4.78, 5) is 11.9. The molecule has 1 aliphatic rings. The lowest BCUT2D eigenvalue weighted by molar-refractivity contribution is -0.121. The molecule has 4 nitrogen and oxygen atoms in total. The molecule has 1 fully saturated rings. The Balaban J connectivity index is 1.79. The Bertz CT molecular complexity index is 468. The van der Waals surface area contributed by atoms with Gasteiger partial charge in [0.2, 0.25) is 5.91 Å². The third-order valence-corrected chi connectivity index (χ3v) is 3.90. The van der Waals surface area contributed by atoms with Gasteiger partial charge in [-0.05, 0) is 43.4 Å². The fraction of sp³-hybridized carbons (Fsp3) is 0.588. The highest BCUT2D eigenvalue weighted by Crippen LogP contribution is 2.23. The lowest BCUT2D eigenvalue weighted by Crippen LogP contribution is -2.32. The second kappa shape index (κ2) is 7.91. The van der Waals surface area contributed by atoms with Crippen LogP contribution in [0.3, 0.4) is 0 Å². The molecule has 0 radical (unpaired) electrons. The van der Waals surface area contributed by atoms with E-state index in [-0.39, 0.29) is 5.91 Å². The van der Waals surface area contributed by atoms with Gasteiger partial charge in [0.05, 0.1) is 12.3 Å². The smallest absolute Gasteiger partial charge is 0.220 e. The van der Waals surface area contributed by atoms with Crippen LogP contribution in [0.4, 0.5) is 5.69 Å². The first-order valence-electron chi connectivity index (χ1n) is 7.99. The minimum absolute atomic E-state index is 0.145. The van der Waals surface area contributed by atoms with Crippen LogP contribution in [0.15, 0.2) is 18.2 Å². The van der Waals surface area contributed by atoms with Crippen LogP contribution in [-0.4, -0.2) is 18.6 Å². The molecular formula is C17H26N2O2. The topological polar surface area (TPSA) is 64.3 Å². The summed E-state index contributed by atoms with van der Waals surface area (Å²) in [6, 6.07) is 6.19. The molecule has 116 valence electrons. The Hall–Kier alpha value is -1.71. The minimum atomic E-state index is 0.145. The number of carbonyl (C=O) groups is 1. The number of hydrogen-bond acceptors (Lipinski definition) is 3. The molecule has 4 heteroatoms. The molecule has 0 aromatic heterocycles. The van der Waals surface area contributed by atoms with Gasteiger partial charge in [-0.3, -0.25) is 4.79 Å². The van der Waals surface area contributed by atoms with Crippen molar-refractivity contribution < 1.29 is 9.53 Å². The molecule has 21 heavy (non-hydrogen) atoms. The molecule has 3 N–H and O–H groups in total. The van der Waals surface area contributed by atoms with Crippen LogP contribution in [0, 0.1) is 0 Å². The number of anilines is 1. The predicted octanol–water partition coefficient (Wildman–Crippen LogP) is 3.05. The van der Waals surface area contributed by atoms with Crippen molar-refractivity contribution in [2.24, 2.45) is 0 Å². The number of carbonyl (C=O) groups excluding carboxylic acids is 1. The van der Waals surface area contributed by atoms with Gasteiger partial charge >= 0.3 is 0 Å². The summed E-state index contributed by atoms with van der Waals surface area (Å²) in [5.74, 6) is 0.878. The van der Waals surface area contributed by atoms with Gasteiger partial charge in [0, 0.05) is 12.5 Å². The molecular weight excluding hydrogens is 264 g/mol. The van der Waals surface area contributed by atoms with E-state index in [1.165, 1.54) is 12.8 Å². The van der Waals surface area contributed by atoms with E-state index in [0.29, 0.717) is 24.8 Å². The molecule has 2 rings (SSSR count). The van der Waals surface area contributed by atoms with E-state index in [9.17, 15) is 4.79 Å². The minimum Gasteiger partial charge on any atom is -0.491 e. The quantitative estimate of drug-likeness (QED) is 0.759. The SMILES string of the molecule is CCCOc1ccc(CCC(=O)NC2CCCC2)cc1N. The zero-order valence-electron chi connectivity index (χ0n) is 12.9. The second-order valence-corrected chi connectivity index (χ2v) is 5.77. The number of nitrogens with one attached hydrogen (secondary N) is 1. The van der Waals surface area contributed by atoms with Crippen LogP contribution in [0.1, 0.15) is 51.0 Å². The van der Waals surface area contributed by atoms with Gasteiger partial charge in [0.15, 0.2) is 0 Å². The summed E-state index contributed by atoms with van der Waals surface area (Å²) in [5.41, 5.74) is 7.71. The van der Waals surface area contributed by atoms with E-state index >= 15 is 0 Å². The lowest BCUT2D eigenvalue weighted by atomic mass is 10.1. The zero-order chi connectivity index (χ0) is 15.1. The highest BCUT2D eigenvalue weighted by atomic mass is 16.5. The first-order valence-corrected chi connectivity index (χ1v) is 7.99. The number of aryl methyl sites for hydroxylation is 1. The van der Waals surface area contributed by atoms with Gasteiger partial charge in [-0.25, -0.2) is 0 Å². The molecule has 0 saturated heterocycles. The van der Waals surface area contributed by atoms with Gasteiger partial charge in [0.25, 0.3) is 0 Å². The number of nitrogens with two attached hydrogens (primary N) is 1. The van der Waals surface area contributed by atoms with Crippen LogP contribution in [-0.2, 0) is 11.2 Å². The molecule has 0 spiro atoms. The summed E-state index contributed by atoms with van der Waals surface area (Å²) in [7, 11) is 0. The zero-order valence-corrected chi connectivity index (χ0v) is 12.9. The number of amides is 1. The van der Waals surface area contributed by atoms with E-state index in [1.54, 1.807) is 0 Å². The molecule has 0 atom stereocenters. The van der Waals surface area contributed by atoms with Crippen molar-refractivity contribution in [1.29, 1.82) is 0 Å². The Morgan fingerprint density at radius 2 is 2.14 bits per heavy atom. The van der Waals surface area contributed by atoms with Gasteiger partial charge in [0.1, 0.15) is 5.75 Å². The number of nitrogen functional groups attached to an aromatic ring is 1. The fourth-order valence-corrected chi connectivity index (χ4v) is 2.72. The highest BCUT2D eigenvalue weighted by Gasteiger charge is 2.16. The molecule has 0 aliphatic heterocycles. The van der Waals surface area contributed by atoms with Crippen molar-refractivity contribution in [3.8, 4) is 5.75 Å². The van der Waals surface area contributed by atoms with Crippen molar-refractivity contribution >= 4 is 11.6 Å². The molecule has 1 aliphatic carbocycles. The van der Waals surface area contributed by atoms with Gasteiger partial charge in [-0.2, -0.15) is 0 Å². The predicted molar refractivity (Wildman–Crippen MR) is 85.4 cm³/mol. The third-order valence-electron chi connectivity index (χ3n) is 3.90. The molecule has 1 aromatic rings. The Kier molecular flexibility index (Phi) is 5.90. The fourth-order valence-electron chi connectivity index (χ4n) is 2.72. The second-order valence-electron chi connectivity index (χ2n) is 5.77. The van der Waals surface area contributed by atoms with E-state index < -0.39 is 0 Å².